The molecule has 1 fully saturated rings. The van der Waals surface area contributed by atoms with Gasteiger partial charge < -0.3 is 9.80 Å². The van der Waals surface area contributed by atoms with Gasteiger partial charge in [-0.3, -0.25) is 9.79 Å². The van der Waals surface area contributed by atoms with Gasteiger partial charge in [-0.2, -0.15) is 5.26 Å². The van der Waals surface area contributed by atoms with Gasteiger partial charge in [0.2, 0.25) is 0 Å². The Morgan fingerprint density at radius 3 is 2.61 bits per heavy atom. The Labute approximate surface area is 170 Å². The second-order valence-electron chi connectivity index (χ2n) is 7.54. The third-order valence-electron chi connectivity index (χ3n) is 5.39. The van der Waals surface area contributed by atoms with E-state index in [1.54, 1.807) is 6.07 Å². The molecule has 0 unspecified atom stereocenters. The largest absolute Gasteiger partial charge is 0.377 e. The summed E-state index contributed by atoms with van der Waals surface area (Å²) in [4.78, 5) is 26.2. The van der Waals surface area contributed by atoms with Crippen LogP contribution >= 0.6 is 11.3 Å². The predicted molar refractivity (Wildman–Crippen MR) is 115 cm³/mol. The van der Waals surface area contributed by atoms with Gasteiger partial charge in [-0.05, 0) is 18.9 Å². The van der Waals surface area contributed by atoms with Crippen molar-refractivity contribution < 1.29 is 4.79 Å². The molecule has 0 spiro atoms. The molecule has 7 heteroatoms. The number of aromatic nitrogens is 1. The molecule has 6 nitrogen and oxygen atoms in total. The second-order valence-corrected chi connectivity index (χ2v) is 8.57. The van der Waals surface area contributed by atoms with Crippen LogP contribution in [0.5, 0.6) is 0 Å². The van der Waals surface area contributed by atoms with Crippen LogP contribution in [0.3, 0.4) is 0 Å². The molecule has 1 aliphatic carbocycles. The third kappa shape index (κ3) is 4.33. The van der Waals surface area contributed by atoms with Crippen molar-refractivity contribution in [2.24, 2.45) is 4.99 Å². The molecule has 3 rings (SSSR count). The molecule has 28 heavy (non-hydrogen) atoms. The fourth-order valence-corrected chi connectivity index (χ4v) is 4.86. The van der Waals surface area contributed by atoms with E-state index in [1.165, 1.54) is 49.9 Å². The van der Waals surface area contributed by atoms with Crippen LogP contribution in [0.25, 0.3) is 10.2 Å². The summed E-state index contributed by atoms with van der Waals surface area (Å²) in [6.45, 7) is 0.430. The lowest BCUT2D eigenvalue weighted by Gasteiger charge is -2.24. The van der Waals surface area contributed by atoms with E-state index in [4.69, 9.17) is 0 Å². The van der Waals surface area contributed by atoms with E-state index in [2.05, 4.69) is 28.0 Å². The fourth-order valence-electron chi connectivity index (χ4n) is 3.84. The summed E-state index contributed by atoms with van der Waals surface area (Å²) < 4.78 is 0. The SMILES string of the molecule is CN(C)c1cc(C#N)nc2sc(C=O)c(CN=CN(C)C3CCCCCC3)c12. The van der Waals surface area contributed by atoms with Crippen LogP contribution in [0.4, 0.5) is 5.69 Å². The zero-order valence-electron chi connectivity index (χ0n) is 16.8. The first-order chi connectivity index (χ1) is 13.5. The lowest BCUT2D eigenvalue weighted by atomic mass is 10.1. The van der Waals surface area contributed by atoms with Crippen LogP contribution < -0.4 is 4.90 Å². The van der Waals surface area contributed by atoms with Crippen LogP contribution in [0, 0.1) is 11.3 Å². The number of nitriles is 1. The quantitative estimate of drug-likeness (QED) is 0.316. The Morgan fingerprint density at radius 1 is 1.29 bits per heavy atom. The Morgan fingerprint density at radius 2 is 2.00 bits per heavy atom. The number of thiophene rings is 1. The molecule has 0 radical (unpaired) electrons. The normalized spacial score (nSPS) is 15.5. The molecule has 0 bridgehead atoms. The van der Waals surface area contributed by atoms with E-state index < -0.39 is 0 Å². The molecule has 1 aliphatic rings. The summed E-state index contributed by atoms with van der Waals surface area (Å²) in [5, 5.41) is 10.2. The lowest BCUT2D eigenvalue weighted by Crippen LogP contribution is -2.29. The van der Waals surface area contributed by atoms with Gasteiger partial charge >= 0.3 is 0 Å². The molecule has 0 saturated heterocycles. The molecule has 0 aromatic carbocycles. The highest BCUT2D eigenvalue weighted by molar-refractivity contribution is 7.20. The van der Waals surface area contributed by atoms with Crippen LogP contribution in [0.15, 0.2) is 11.1 Å². The monoisotopic (exact) mass is 397 g/mol. The van der Waals surface area contributed by atoms with Crippen molar-refractivity contribution in [3.8, 4) is 6.07 Å². The van der Waals surface area contributed by atoms with Crippen molar-refractivity contribution >= 4 is 39.9 Å². The Hall–Kier alpha value is -2.46. The van der Waals surface area contributed by atoms with Gasteiger partial charge in [-0.15, -0.1) is 11.3 Å². The number of rotatable bonds is 6. The van der Waals surface area contributed by atoms with Crippen molar-refractivity contribution in [1.82, 2.24) is 9.88 Å². The zero-order chi connectivity index (χ0) is 20.1. The molecule has 0 atom stereocenters. The van der Waals surface area contributed by atoms with Gasteiger partial charge in [0.25, 0.3) is 0 Å². The molecule has 148 valence electrons. The van der Waals surface area contributed by atoms with Gasteiger partial charge in [0.15, 0.2) is 6.29 Å². The van der Waals surface area contributed by atoms with Crippen molar-refractivity contribution in [2.75, 3.05) is 26.0 Å². The number of hydrogen-bond donors (Lipinski definition) is 0. The van der Waals surface area contributed by atoms with E-state index >= 15 is 0 Å². The summed E-state index contributed by atoms with van der Waals surface area (Å²) in [7, 11) is 5.96. The van der Waals surface area contributed by atoms with Gasteiger partial charge in [-0.25, -0.2) is 4.98 Å². The van der Waals surface area contributed by atoms with Crippen molar-refractivity contribution in [2.45, 2.75) is 51.1 Å². The average molecular weight is 398 g/mol. The van der Waals surface area contributed by atoms with Gasteiger partial charge in [0, 0.05) is 43.8 Å². The summed E-state index contributed by atoms with van der Waals surface area (Å²) in [5.41, 5.74) is 2.15. The molecule has 1 saturated carbocycles. The van der Waals surface area contributed by atoms with Crippen LogP contribution in [0.1, 0.15) is 59.5 Å². The molecule has 0 aliphatic heterocycles. The van der Waals surface area contributed by atoms with Gasteiger partial charge in [-0.1, -0.05) is 25.7 Å². The molecular formula is C21H27N5OS. The third-order valence-corrected chi connectivity index (χ3v) is 6.44. The van der Waals surface area contributed by atoms with Gasteiger partial charge in [0.05, 0.1) is 17.8 Å². The Kier molecular flexibility index (Phi) is 6.63. The van der Waals surface area contributed by atoms with Crippen molar-refractivity contribution in [3.05, 3.63) is 22.2 Å². The maximum absolute atomic E-state index is 11.7. The number of aliphatic imine (C=N–C) groups is 1. The fraction of sp³-hybridized carbons (Fsp3) is 0.524. The number of fused-ring (bicyclic) bond motifs is 1. The number of anilines is 1. The van der Waals surface area contributed by atoms with Gasteiger partial charge in [0.1, 0.15) is 16.6 Å². The van der Waals surface area contributed by atoms with Crippen LogP contribution in [-0.2, 0) is 6.54 Å². The molecular weight excluding hydrogens is 370 g/mol. The molecule has 2 heterocycles. The smallest absolute Gasteiger partial charge is 0.160 e. The first kappa shape index (κ1) is 20.3. The second kappa shape index (κ2) is 9.16. The number of carbonyl (C=O) groups excluding carboxylic acids is 1. The number of hydrogen-bond acceptors (Lipinski definition) is 6. The summed E-state index contributed by atoms with van der Waals surface area (Å²) in [5.74, 6) is 0. The highest BCUT2D eigenvalue weighted by Crippen LogP contribution is 2.36. The predicted octanol–water partition coefficient (Wildman–Crippen LogP) is 4.23. The lowest BCUT2D eigenvalue weighted by molar-refractivity contribution is 0.112. The van der Waals surface area contributed by atoms with E-state index in [0.29, 0.717) is 28.0 Å². The number of nitrogens with zero attached hydrogens (tertiary/aromatic N) is 5. The van der Waals surface area contributed by atoms with Crippen molar-refractivity contribution in [3.63, 3.8) is 0 Å². The Balaban J connectivity index is 1.89. The Bertz CT molecular complexity index is 904. The molecule has 0 N–H and O–H groups in total. The highest BCUT2D eigenvalue weighted by Gasteiger charge is 2.19. The van der Waals surface area contributed by atoms with Crippen molar-refractivity contribution in [1.29, 1.82) is 5.26 Å². The molecule has 2 aromatic rings. The van der Waals surface area contributed by atoms with E-state index in [9.17, 15) is 10.1 Å². The van der Waals surface area contributed by atoms with Crippen LogP contribution in [0.2, 0.25) is 0 Å². The minimum absolute atomic E-state index is 0.359. The number of aldehydes is 1. The van der Waals surface area contributed by atoms with E-state index in [0.717, 1.165) is 22.9 Å². The summed E-state index contributed by atoms with van der Waals surface area (Å²) in [6.07, 6.45) is 10.5. The maximum atomic E-state index is 11.7. The number of pyridine rings is 1. The maximum Gasteiger partial charge on any atom is 0.160 e. The first-order valence-corrected chi connectivity index (χ1v) is 10.6. The topological polar surface area (TPSA) is 72.6 Å². The summed E-state index contributed by atoms with van der Waals surface area (Å²) in [6, 6.07) is 4.43. The summed E-state index contributed by atoms with van der Waals surface area (Å²) >= 11 is 1.33. The number of carbonyl (C=O) groups is 1. The minimum Gasteiger partial charge on any atom is -0.377 e. The average Bonchev–Trinajstić information content (AvgIpc) is 2.85. The standard InChI is InChI=1S/C21H27N5OS/c1-25(2)18-10-15(11-22)24-21-20(18)17(19(13-27)28-21)12-23-14-26(3)16-8-6-4-5-7-9-16/h10,13-14,16H,4-9,12H2,1-3H3. The highest BCUT2D eigenvalue weighted by atomic mass is 32.1. The minimum atomic E-state index is 0.359. The van der Waals surface area contributed by atoms with E-state index in [-0.39, 0.29) is 0 Å². The van der Waals surface area contributed by atoms with Crippen LogP contribution in [-0.4, -0.2) is 49.7 Å². The zero-order valence-corrected chi connectivity index (χ0v) is 17.6. The molecule has 2 aromatic heterocycles. The van der Waals surface area contributed by atoms with E-state index in [1.807, 2.05) is 25.3 Å². The first-order valence-electron chi connectivity index (χ1n) is 9.76. The molecule has 0 amide bonds.